The average molecular weight is 402 g/mol. The number of nitrogens with zero attached hydrogens (tertiary/aromatic N) is 4. The Morgan fingerprint density at radius 2 is 1.86 bits per heavy atom. The third kappa shape index (κ3) is 4.86. The van der Waals surface area contributed by atoms with Crippen LogP contribution in [0.3, 0.4) is 0 Å². The number of amides is 2. The first-order valence-corrected chi connectivity index (χ1v) is 10.4. The Kier molecular flexibility index (Phi) is 6.28. The van der Waals surface area contributed by atoms with Gasteiger partial charge in [0.1, 0.15) is 11.6 Å². The second-order valence-electron chi connectivity index (χ2n) is 7.34. The first-order valence-electron chi connectivity index (χ1n) is 9.56. The molecule has 1 fully saturated rings. The van der Waals surface area contributed by atoms with E-state index in [-0.39, 0.29) is 24.3 Å². The van der Waals surface area contributed by atoms with Crippen LogP contribution in [-0.2, 0) is 4.79 Å². The van der Waals surface area contributed by atoms with E-state index in [1.807, 2.05) is 26.0 Å². The van der Waals surface area contributed by atoms with Crippen LogP contribution in [0.2, 0.25) is 0 Å². The van der Waals surface area contributed by atoms with Gasteiger partial charge in [0.05, 0.1) is 11.4 Å². The Labute approximate surface area is 169 Å². The normalized spacial score (nSPS) is 14.5. The van der Waals surface area contributed by atoms with Crippen molar-refractivity contribution in [2.45, 2.75) is 33.6 Å². The molecule has 2 amide bonds. The highest BCUT2D eigenvalue weighted by molar-refractivity contribution is 7.13. The first-order chi connectivity index (χ1) is 13.3. The number of aryl methyl sites for hydroxylation is 2. The summed E-state index contributed by atoms with van der Waals surface area (Å²) in [7, 11) is 0. The van der Waals surface area contributed by atoms with E-state index >= 15 is 0 Å². The second-order valence-corrected chi connectivity index (χ2v) is 8.63. The summed E-state index contributed by atoms with van der Waals surface area (Å²) in [6.45, 7) is 10.8. The van der Waals surface area contributed by atoms with Gasteiger partial charge in [-0.2, -0.15) is 0 Å². The first kappa shape index (κ1) is 20.3. The molecule has 0 bridgehead atoms. The summed E-state index contributed by atoms with van der Waals surface area (Å²) >= 11 is 1.43. The lowest BCUT2D eigenvalue weighted by Gasteiger charge is -2.35. The van der Waals surface area contributed by atoms with E-state index in [0.29, 0.717) is 18.0 Å². The van der Waals surface area contributed by atoms with Gasteiger partial charge in [-0.15, -0.1) is 11.3 Å². The van der Waals surface area contributed by atoms with Crippen molar-refractivity contribution in [3.63, 3.8) is 0 Å². The van der Waals surface area contributed by atoms with Crippen LogP contribution in [0.25, 0.3) is 0 Å². The van der Waals surface area contributed by atoms with Gasteiger partial charge in [0.2, 0.25) is 5.91 Å². The molecule has 150 valence electrons. The zero-order valence-corrected chi connectivity index (χ0v) is 17.7. The minimum absolute atomic E-state index is 0.0277. The van der Waals surface area contributed by atoms with Gasteiger partial charge in [-0.25, -0.2) is 9.97 Å². The quantitative estimate of drug-likeness (QED) is 0.832. The molecule has 7 nitrogen and oxygen atoms in total. The lowest BCUT2D eigenvalue weighted by atomic mass is 10.2. The monoisotopic (exact) mass is 401 g/mol. The van der Waals surface area contributed by atoms with E-state index in [0.717, 1.165) is 35.3 Å². The third-order valence-electron chi connectivity index (χ3n) is 4.70. The molecule has 0 radical (unpaired) electrons. The van der Waals surface area contributed by atoms with Crippen molar-refractivity contribution < 1.29 is 9.59 Å². The highest BCUT2D eigenvalue weighted by Gasteiger charge is 2.23. The Morgan fingerprint density at radius 1 is 1.14 bits per heavy atom. The summed E-state index contributed by atoms with van der Waals surface area (Å²) in [5.74, 6) is 1.80. The number of nitrogens with one attached hydrogen (secondary N) is 1. The number of hydrogen-bond acceptors (Lipinski definition) is 6. The van der Waals surface area contributed by atoms with E-state index in [4.69, 9.17) is 0 Å². The van der Waals surface area contributed by atoms with Crippen molar-refractivity contribution in [3.05, 3.63) is 39.5 Å². The predicted molar refractivity (Wildman–Crippen MR) is 111 cm³/mol. The molecule has 28 heavy (non-hydrogen) atoms. The predicted octanol–water partition coefficient (Wildman–Crippen LogP) is 2.36. The molecule has 0 saturated carbocycles. The number of hydrogen-bond donors (Lipinski definition) is 1. The maximum atomic E-state index is 12.5. The zero-order chi connectivity index (χ0) is 20.3. The summed E-state index contributed by atoms with van der Waals surface area (Å²) < 4.78 is 0. The van der Waals surface area contributed by atoms with Crippen LogP contribution < -0.4 is 10.2 Å². The topological polar surface area (TPSA) is 78.4 Å². The molecule has 0 atom stereocenters. The maximum Gasteiger partial charge on any atom is 0.261 e. The highest BCUT2D eigenvalue weighted by Crippen LogP contribution is 2.19. The van der Waals surface area contributed by atoms with Gasteiger partial charge in [0, 0.05) is 48.7 Å². The fraction of sp³-hybridized carbons (Fsp3) is 0.500. The van der Waals surface area contributed by atoms with Crippen molar-refractivity contribution in [1.82, 2.24) is 20.2 Å². The molecule has 0 aromatic carbocycles. The standard InChI is InChI=1S/C20H27N5O2S/c1-13(2)19-22-14(3)11-17(23-19)24-7-9-25(10-8-24)18(26)12-21-20(27)16-6-5-15(4)28-16/h5-6,11,13H,7-10,12H2,1-4H3,(H,21,27). The van der Waals surface area contributed by atoms with Crippen LogP contribution in [0.5, 0.6) is 0 Å². The zero-order valence-electron chi connectivity index (χ0n) is 16.9. The number of carbonyl (C=O) groups is 2. The molecule has 8 heteroatoms. The SMILES string of the molecule is Cc1cc(N2CCN(C(=O)CNC(=O)c3ccc(C)s3)CC2)nc(C(C)C)n1. The summed E-state index contributed by atoms with van der Waals surface area (Å²) in [5.41, 5.74) is 0.957. The lowest BCUT2D eigenvalue weighted by molar-refractivity contribution is -0.130. The fourth-order valence-electron chi connectivity index (χ4n) is 3.09. The summed E-state index contributed by atoms with van der Waals surface area (Å²) in [6, 6.07) is 5.68. The molecule has 0 unspecified atom stereocenters. The van der Waals surface area contributed by atoms with E-state index in [1.165, 1.54) is 11.3 Å². The number of carbonyl (C=O) groups excluding carboxylic acids is 2. The molecule has 3 rings (SSSR count). The van der Waals surface area contributed by atoms with Crippen LogP contribution >= 0.6 is 11.3 Å². The maximum absolute atomic E-state index is 12.5. The average Bonchev–Trinajstić information content (AvgIpc) is 3.12. The van der Waals surface area contributed by atoms with Crippen LogP contribution in [0.4, 0.5) is 5.82 Å². The van der Waals surface area contributed by atoms with E-state index < -0.39 is 0 Å². The van der Waals surface area contributed by atoms with Gasteiger partial charge in [0.25, 0.3) is 5.91 Å². The molecule has 3 heterocycles. The smallest absolute Gasteiger partial charge is 0.261 e. The molecular weight excluding hydrogens is 374 g/mol. The number of anilines is 1. The third-order valence-corrected chi connectivity index (χ3v) is 5.69. The Bertz CT molecular complexity index is 856. The number of aromatic nitrogens is 2. The van der Waals surface area contributed by atoms with E-state index in [1.54, 1.807) is 11.0 Å². The van der Waals surface area contributed by atoms with Crippen LogP contribution in [-0.4, -0.2) is 59.4 Å². The van der Waals surface area contributed by atoms with Crippen molar-refractivity contribution in [2.24, 2.45) is 0 Å². The van der Waals surface area contributed by atoms with E-state index in [9.17, 15) is 9.59 Å². The summed E-state index contributed by atoms with van der Waals surface area (Å²) in [5, 5.41) is 2.73. The molecule has 1 aliphatic rings. The van der Waals surface area contributed by atoms with Gasteiger partial charge in [-0.05, 0) is 26.0 Å². The minimum atomic E-state index is -0.192. The van der Waals surface area contributed by atoms with Crippen molar-refractivity contribution in [2.75, 3.05) is 37.6 Å². The van der Waals surface area contributed by atoms with Gasteiger partial charge < -0.3 is 15.1 Å². The van der Waals surface area contributed by atoms with Gasteiger partial charge in [-0.3, -0.25) is 9.59 Å². The summed E-state index contributed by atoms with van der Waals surface area (Å²) in [6.07, 6.45) is 0. The number of thiophene rings is 1. The number of rotatable bonds is 5. The van der Waals surface area contributed by atoms with Crippen LogP contribution in [0.1, 0.15) is 45.8 Å². The van der Waals surface area contributed by atoms with Crippen molar-refractivity contribution in [3.8, 4) is 0 Å². The van der Waals surface area contributed by atoms with Crippen LogP contribution in [0, 0.1) is 13.8 Å². The Balaban J connectivity index is 1.52. The van der Waals surface area contributed by atoms with E-state index in [2.05, 4.69) is 34.0 Å². The number of piperazine rings is 1. The van der Waals surface area contributed by atoms with Crippen LogP contribution in [0.15, 0.2) is 18.2 Å². The Morgan fingerprint density at radius 3 is 2.46 bits per heavy atom. The van der Waals surface area contributed by atoms with Gasteiger partial charge in [-0.1, -0.05) is 13.8 Å². The molecule has 2 aromatic rings. The highest BCUT2D eigenvalue weighted by atomic mass is 32.1. The van der Waals surface area contributed by atoms with Gasteiger partial charge in [0.15, 0.2) is 0 Å². The van der Waals surface area contributed by atoms with Gasteiger partial charge >= 0.3 is 0 Å². The molecule has 1 aliphatic heterocycles. The molecule has 0 aliphatic carbocycles. The fourth-order valence-corrected chi connectivity index (χ4v) is 3.87. The molecule has 0 spiro atoms. The molecule has 1 saturated heterocycles. The molecule has 2 aromatic heterocycles. The molecule has 1 N–H and O–H groups in total. The lowest BCUT2D eigenvalue weighted by Crippen LogP contribution is -2.51. The minimum Gasteiger partial charge on any atom is -0.353 e. The summed E-state index contributed by atoms with van der Waals surface area (Å²) in [4.78, 5) is 39.4. The second kappa shape index (κ2) is 8.68. The largest absolute Gasteiger partial charge is 0.353 e. The van der Waals surface area contributed by atoms with Crippen molar-refractivity contribution in [1.29, 1.82) is 0 Å². The van der Waals surface area contributed by atoms with Crippen molar-refractivity contribution >= 4 is 29.0 Å². The Hall–Kier alpha value is -2.48. The molecular formula is C20H27N5O2S.